The summed E-state index contributed by atoms with van der Waals surface area (Å²) in [5.74, 6) is -1.30. The van der Waals surface area contributed by atoms with E-state index >= 15 is 0 Å². The van der Waals surface area contributed by atoms with Crippen LogP contribution in [-0.4, -0.2) is 11.9 Å². The summed E-state index contributed by atoms with van der Waals surface area (Å²) in [7, 11) is 0. The Labute approximate surface area is 93.4 Å². The van der Waals surface area contributed by atoms with Gasteiger partial charge in [0.05, 0.1) is 0 Å². The number of hydrogen-bond acceptors (Lipinski definition) is 4. The maximum atomic E-state index is 11.1. The van der Waals surface area contributed by atoms with Crippen molar-refractivity contribution >= 4 is 18.0 Å². The van der Waals surface area contributed by atoms with E-state index in [1.54, 1.807) is 13.0 Å². The Kier molecular flexibility index (Phi) is 4.79. The first kappa shape index (κ1) is 12.0. The fourth-order valence-corrected chi connectivity index (χ4v) is 0.903. The van der Waals surface area contributed by atoms with Crippen molar-refractivity contribution in [1.29, 1.82) is 0 Å². The smallest absolute Gasteiger partial charge is 0.247 e. The van der Waals surface area contributed by atoms with Crippen LogP contribution >= 0.6 is 0 Å². The fourth-order valence-electron chi connectivity index (χ4n) is 0.903. The Morgan fingerprint density at radius 1 is 1.19 bits per heavy atom. The second-order valence-corrected chi connectivity index (χ2v) is 2.96. The molecular formula is C12H12O4. The fraction of sp³-hybridized carbons (Fsp3) is 0.167. The van der Waals surface area contributed by atoms with Crippen molar-refractivity contribution in [3.63, 3.8) is 0 Å². The van der Waals surface area contributed by atoms with Gasteiger partial charge < -0.3 is 0 Å². The van der Waals surface area contributed by atoms with Gasteiger partial charge in [-0.15, -0.1) is 0 Å². The second-order valence-electron chi connectivity index (χ2n) is 2.96. The molecule has 0 spiro atoms. The van der Waals surface area contributed by atoms with E-state index in [2.05, 4.69) is 9.78 Å². The van der Waals surface area contributed by atoms with Gasteiger partial charge in [-0.3, -0.25) is 0 Å². The van der Waals surface area contributed by atoms with Crippen molar-refractivity contribution in [1.82, 2.24) is 0 Å². The normalized spacial score (nSPS) is 10.1. The zero-order chi connectivity index (χ0) is 11.8. The summed E-state index contributed by atoms with van der Waals surface area (Å²) in [5, 5.41) is 0. The molecule has 0 aromatic heterocycles. The molecule has 0 fully saturated rings. The molecule has 0 amide bonds. The first-order valence-corrected chi connectivity index (χ1v) is 4.87. The van der Waals surface area contributed by atoms with Crippen LogP contribution in [0.1, 0.15) is 18.9 Å². The lowest BCUT2D eigenvalue weighted by atomic mass is 10.2. The lowest BCUT2D eigenvalue weighted by Crippen LogP contribution is -2.07. The van der Waals surface area contributed by atoms with Crippen LogP contribution in [0.25, 0.3) is 6.08 Å². The number of benzene rings is 1. The minimum Gasteiger partial charge on any atom is -0.247 e. The van der Waals surface area contributed by atoms with Crippen molar-refractivity contribution in [3.8, 4) is 0 Å². The van der Waals surface area contributed by atoms with E-state index in [0.717, 1.165) is 5.56 Å². The SMILES string of the molecule is CCC(=O)OOC(=O)C=Cc1ccccc1. The highest BCUT2D eigenvalue weighted by Crippen LogP contribution is 2.01. The van der Waals surface area contributed by atoms with Gasteiger partial charge in [-0.25, -0.2) is 19.4 Å². The Morgan fingerprint density at radius 3 is 2.50 bits per heavy atom. The van der Waals surface area contributed by atoms with Gasteiger partial charge >= 0.3 is 11.9 Å². The van der Waals surface area contributed by atoms with Gasteiger partial charge in [0.15, 0.2) is 0 Å². The van der Waals surface area contributed by atoms with Crippen LogP contribution in [0.2, 0.25) is 0 Å². The summed E-state index contributed by atoms with van der Waals surface area (Å²) in [4.78, 5) is 30.2. The highest BCUT2D eigenvalue weighted by molar-refractivity contribution is 5.87. The molecule has 84 valence electrons. The Bertz CT molecular complexity index is 381. The van der Waals surface area contributed by atoms with Crippen molar-refractivity contribution in [2.75, 3.05) is 0 Å². The quantitative estimate of drug-likeness (QED) is 0.444. The molecule has 0 saturated carbocycles. The zero-order valence-electron chi connectivity index (χ0n) is 8.88. The van der Waals surface area contributed by atoms with Crippen LogP contribution in [0.15, 0.2) is 36.4 Å². The summed E-state index contributed by atoms with van der Waals surface area (Å²) in [5.41, 5.74) is 0.862. The molecule has 0 N–H and O–H groups in total. The Balaban J connectivity index is 2.40. The predicted octanol–water partition coefficient (Wildman–Crippen LogP) is 2.11. The molecule has 0 atom stereocenters. The van der Waals surface area contributed by atoms with Gasteiger partial charge in [-0.1, -0.05) is 37.3 Å². The highest BCUT2D eigenvalue weighted by atomic mass is 17.2. The van der Waals surface area contributed by atoms with E-state index < -0.39 is 11.9 Å². The van der Waals surface area contributed by atoms with Crippen LogP contribution in [0.4, 0.5) is 0 Å². The molecule has 0 aliphatic carbocycles. The third kappa shape index (κ3) is 4.41. The molecule has 4 heteroatoms. The van der Waals surface area contributed by atoms with Crippen molar-refractivity contribution in [2.45, 2.75) is 13.3 Å². The van der Waals surface area contributed by atoms with Gasteiger partial charge in [0.1, 0.15) is 0 Å². The largest absolute Gasteiger partial charge is 0.379 e. The molecule has 4 nitrogen and oxygen atoms in total. The van der Waals surface area contributed by atoms with E-state index in [-0.39, 0.29) is 6.42 Å². The zero-order valence-corrected chi connectivity index (χ0v) is 8.88. The molecular weight excluding hydrogens is 208 g/mol. The first-order chi connectivity index (χ1) is 7.72. The van der Waals surface area contributed by atoms with Crippen molar-refractivity contribution < 1.29 is 19.4 Å². The van der Waals surface area contributed by atoms with Gasteiger partial charge in [0.2, 0.25) is 0 Å². The lowest BCUT2D eigenvalue weighted by Gasteiger charge is -1.97. The first-order valence-electron chi connectivity index (χ1n) is 4.87. The van der Waals surface area contributed by atoms with Gasteiger partial charge in [0.25, 0.3) is 0 Å². The van der Waals surface area contributed by atoms with Crippen LogP contribution < -0.4 is 0 Å². The number of carbonyl (C=O) groups is 2. The number of hydrogen-bond donors (Lipinski definition) is 0. The summed E-state index contributed by atoms with van der Waals surface area (Å²) in [6.45, 7) is 1.61. The monoisotopic (exact) mass is 220 g/mol. The average molecular weight is 220 g/mol. The molecule has 1 aromatic rings. The second kappa shape index (κ2) is 6.40. The molecule has 0 bridgehead atoms. The minimum atomic E-state index is -0.717. The minimum absolute atomic E-state index is 0.162. The molecule has 1 rings (SSSR count). The lowest BCUT2D eigenvalue weighted by molar-refractivity contribution is -0.254. The Morgan fingerprint density at radius 2 is 1.88 bits per heavy atom. The third-order valence-electron chi connectivity index (χ3n) is 1.72. The summed E-state index contributed by atoms with van der Waals surface area (Å²) < 4.78 is 0. The predicted molar refractivity (Wildman–Crippen MR) is 58.0 cm³/mol. The van der Waals surface area contributed by atoms with E-state index in [9.17, 15) is 9.59 Å². The standard InChI is InChI=1S/C12H12O4/c1-2-11(13)15-16-12(14)9-8-10-6-4-3-5-7-10/h3-9H,2H2,1H3. The molecule has 0 heterocycles. The third-order valence-corrected chi connectivity index (χ3v) is 1.72. The van der Waals surface area contributed by atoms with Crippen molar-refractivity contribution in [3.05, 3.63) is 42.0 Å². The molecule has 0 unspecified atom stereocenters. The molecule has 0 radical (unpaired) electrons. The van der Waals surface area contributed by atoms with Crippen LogP contribution in [0.5, 0.6) is 0 Å². The van der Waals surface area contributed by atoms with E-state index in [4.69, 9.17) is 0 Å². The van der Waals surface area contributed by atoms with E-state index in [0.29, 0.717) is 0 Å². The topological polar surface area (TPSA) is 52.6 Å². The number of carbonyl (C=O) groups excluding carboxylic acids is 2. The summed E-state index contributed by atoms with van der Waals surface area (Å²) in [6, 6.07) is 9.24. The maximum Gasteiger partial charge on any atom is 0.379 e. The van der Waals surface area contributed by atoms with Gasteiger partial charge in [-0.2, -0.15) is 0 Å². The van der Waals surface area contributed by atoms with Crippen LogP contribution in [0, 0.1) is 0 Å². The van der Waals surface area contributed by atoms with E-state index in [1.807, 2.05) is 30.3 Å². The number of rotatable bonds is 3. The summed E-state index contributed by atoms with van der Waals surface area (Å²) >= 11 is 0. The Hall–Kier alpha value is -2.10. The van der Waals surface area contributed by atoms with Gasteiger partial charge in [-0.05, 0) is 11.6 Å². The van der Waals surface area contributed by atoms with Crippen LogP contribution in [-0.2, 0) is 19.4 Å². The molecule has 1 aromatic carbocycles. The molecule has 0 aliphatic rings. The maximum absolute atomic E-state index is 11.1. The van der Waals surface area contributed by atoms with E-state index in [1.165, 1.54) is 6.08 Å². The van der Waals surface area contributed by atoms with Gasteiger partial charge in [0, 0.05) is 12.5 Å². The van der Waals surface area contributed by atoms with Crippen molar-refractivity contribution in [2.24, 2.45) is 0 Å². The average Bonchev–Trinajstić information content (AvgIpc) is 2.34. The summed E-state index contributed by atoms with van der Waals surface area (Å²) in [6.07, 6.45) is 2.93. The highest BCUT2D eigenvalue weighted by Gasteiger charge is 2.03. The van der Waals surface area contributed by atoms with Crippen LogP contribution in [0.3, 0.4) is 0 Å². The molecule has 0 aliphatic heterocycles. The molecule has 16 heavy (non-hydrogen) atoms. The molecule has 0 saturated heterocycles.